The van der Waals surface area contributed by atoms with Gasteiger partial charge in [-0.3, -0.25) is 14.6 Å². The standard InChI is InChI=1S/C7H8N2O3S/c10-3-9-5(1-7(11)12)6-2-8-4-13-6/h2-5H,1H2,(H,9,10)(H,11,12)/t5-/m1/s1. The van der Waals surface area contributed by atoms with Crippen LogP contribution in [0.3, 0.4) is 0 Å². The first kappa shape index (κ1) is 9.66. The van der Waals surface area contributed by atoms with Gasteiger partial charge in [0, 0.05) is 11.1 Å². The predicted octanol–water partition coefficient (Wildman–Crippen LogP) is 0.405. The second-order valence-corrected chi connectivity index (χ2v) is 3.26. The molecule has 13 heavy (non-hydrogen) atoms. The van der Waals surface area contributed by atoms with Crippen molar-refractivity contribution in [3.63, 3.8) is 0 Å². The Balaban J connectivity index is 2.67. The molecule has 0 aromatic carbocycles. The Bertz CT molecular complexity index is 286. The lowest BCUT2D eigenvalue weighted by Crippen LogP contribution is -2.21. The van der Waals surface area contributed by atoms with Gasteiger partial charge >= 0.3 is 5.97 Å². The summed E-state index contributed by atoms with van der Waals surface area (Å²) >= 11 is 1.32. The number of amides is 1. The Hall–Kier alpha value is -1.43. The van der Waals surface area contributed by atoms with Gasteiger partial charge in [0.25, 0.3) is 0 Å². The average Bonchev–Trinajstić information content (AvgIpc) is 2.54. The summed E-state index contributed by atoms with van der Waals surface area (Å²) < 4.78 is 0. The number of hydrogen-bond donors (Lipinski definition) is 2. The van der Waals surface area contributed by atoms with E-state index in [1.165, 1.54) is 11.3 Å². The number of carboxylic acid groups (broad SMARTS) is 1. The van der Waals surface area contributed by atoms with Gasteiger partial charge in [0.1, 0.15) is 0 Å². The molecule has 0 spiro atoms. The van der Waals surface area contributed by atoms with Crippen molar-refractivity contribution in [1.82, 2.24) is 10.3 Å². The number of rotatable bonds is 5. The first-order valence-electron chi connectivity index (χ1n) is 3.54. The van der Waals surface area contributed by atoms with E-state index in [2.05, 4.69) is 10.3 Å². The number of carbonyl (C=O) groups excluding carboxylic acids is 1. The van der Waals surface area contributed by atoms with E-state index >= 15 is 0 Å². The second-order valence-electron chi connectivity index (χ2n) is 2.34. The molecular formula is C7H8N2O3S. The topological polar surface area (TPSA) is 79.3 Å². The predicted molar refractivity (Wildman–Crippen MR) is 46.3 cm³/mol. The smallest absolute Gasteiger partial charge is 0.305 e. The van der Waals surface area contributed by atoms with Crippen LogP contribution in [0, 0.1) is 0 Å². The van der Waals surface area contributed by atoms with Gasteiger partial charge in [-0.25, -0.2) is 0 Å². The van der Waals surface area contributed by atoms with Crippen molar-refractivity contribution in [3.8, 4) is 0 Å². The Morgan fingerprint density at radius 3 is 3.08 bits per heavy atom. The molecule has 70 valence electrons. The lowest BCUT2D eigenvalue weighted by molar-refractivity contribution is -0.137. The van der Waals surface area contributed by atoms with Crippen molar-refractivity contribution < 1.29 is 14.7 Å². The molecule has 2 N–H and O–H groups in total. The van der Waals surface area contributed by atoms with Gasteiger partial charge < -0.3 is 10.4 Å². The molecule has 1 aromatic rings. The number of nitrogens with one attached hydrogen (secondary N) is 1. The minimum Gasteiger partial charge on any atom is -0.481 e. The van der Waals surface area contributed by atoms with Crippen molar-refractivity contribution in [1.29, 1.82) is 0 Å². The summed E-state index contributed by atoms with van der Waals surface area (Å²) in [5, 5.41) is 11.0. The van der Waals surface area contributed by atoms with Crippen LogP contribution in [0.25, 0.3) is 0 Å². The van der Waals surface area contributed by atoms with E-state index in [-0.39, 0.29) is 6.42 Å². The van der Waals surface area contributed by atoms with E-state index in [1.54, 1.807) is 11.7 Å². The van der Waals surface area contributed by atoms with Crippen LogP contribution in [0.2, 0.25) is 0 Å². The molecule has 1 atom stereocenters. The maximum absolute atomic E-state index is 10.4. The molecule has 0 saturated carbocycles. The van der Waals surface area contributed by atoms with Crippen LogP contribution < -0.4 is 5.32 Å². The molecule has 0 aliphatic rings. The van der Waals surface area contributed by atoms with E-state index in [0.29, 0.717) is 6.41 Å². The van der Waals surface area contributed by atoms with Gasteiger partial charge in [-0.15, -0.1) is 11.3 Å². The van der Waals surface area contributed by atoms with Gasteiger partial charge in [0.2, 0.25) is 6.41 Å². The van der Waals surface area contributed by atoms with Crippen LogP contribution in [0.4, 0.5) is 0 Å². The molecule has 0 radical (unpaired) electrons. The van der Waals surface area contributed by atoms with Crippen LogP contribution in [0.15, 0.2) is 11.7 Å². The highest BCUT2D eigenvalue weighted by Gasteiger charge is 2.15. The molecule has 6 heteroatoms. The first-order valence-corrected chi connectivity index (χ1v) is 4.42. The highest BCUT2D eigenvalue weighted by Crippen LogP contribution is 2.19. The Morgan fingerprint density at radius 2 is 2.62 bits per heavy atom. The molecule has 0 fully saturated rings. The Kier molecular flexibility index (Phi) is 3.39. The van der Waals surface area contributed by atoms with E-state index in [0.717, 1.165) is 4.88 Å². The van der Waals surface area contributed by atoms with Gasteiger partial charge in [0.15, 0.2) is 0 Å². The molecular weight excluding hydrogens is 192 g/mol. The van der Waals surface area contributed by atoms with Crippen molar-refractivity contribution in [3.05, 3.63) is 16.6 Å². The van der Waals surface area contributed by atoms with E-state index in [4.69, 9.17) is 5.11 Å². The summed E-state index contributed by atoms with van der Waals surface area (Å²) in [6.07, 6.45) is 1.92. The van der Waals surface area contributed by atoms with Crippen molar-refractivity contribution >= 4 is 23.7 Å². The minimum absolute atomic E-state index is 0.124. The summed E-state index contributed by atoms with van der Waals surface area (Å²) in [5.41, 5.74) is 1.59. The largest absolute Gasteiger partial charge is 0.481 e. The van der Waals surface area contributed by atoms with E-state index in [1.807, 2.05) is 0 Å². The average molecular weight is 200 g/mol. The highest BCUT2D eigenvalue weighted by molar-refractivity contribution is 7.09. The van der Waals surface area contributed by atoms with Gasteiger partial charge in [-0.2, -0.15) is 0 Å². The fourth-order valence-electron chi connectivity index (χ4n) is 0.896. The molecule has 1 rings (SSSR count). The van der Waals surface area contributed by atoms with Crippen molar-refractivity contribution in [2.75, 3.05) is 0 Å². The highest BCUT2D eigenvalue weighted by atomic mass is 32.1. The van der Waals surface area contributed by atoms with Gasteiger partial charge in [0.05, 0.1) is 18.0 Å². The third-order valence-electron chi connectivity index (χ3n) is 1.44. The van der Waals surface area contributed by atoms with Crippen LogP contribution in [0.1, 0.15) is 17.3 Å². The number of carbonyl (C=O) groups is 2. The molecule has 1 heterocycles. The number of aromatic nitrogens is 1. The van der Waals surface area contributed by atoms with Crippen molar-refractivity contribution in [2.45, 2.75) is 12.5 Å². The molecule has 0 aliphatic heterocycles. The first-order chi connectivity index (χ1) is 6.24. The monoisotopic (exact) mass is 200 g/mol. The summed E-state index contributed by atoms with van der Waals surface area (Å²) in [6.45, 7) is 0. The zero-order valence-corrected chi connectivity index (χ0v) is 7.45. The number of carboxylic acids is 1. The van der Waals surface area contributed by atoms with Gasteiger partial charge in [-0.1, -0.05) is 0 Å². The number of aliphatic carboxylic acids is 1. The van der Waals surface area contributed by atoms with Crippen LogP contribution in [-0.4, -0.2) is 22.5 Å². The second kappa shape index (κ2) is 4.56. The SMILES string of the molecule is O=CN[C@H](CC(=O)O)c1cncs1. The Morgan fingerprint density at radius 1 is 1.85 bits per heavy atom. The third kappa shape index (κ3) is 2.83. The van der Waals surface area contributed by atoms with Gasteiger partial charge in [-0.05, 0) is 0 Å². The number of thiazole rings is 1. The minimum atomic E-state index is -0.951. The molecule has 0 bridgehead atoms. The Labute approximate surface area is 78.4 Å². The zero-order chi connectivity index (χ0) is 9.68. The summed E-state index contributed by atoms with van der Waals surface area (Å²) in [6, 6.07) is -0.470. The molecule has 1 amide bonds. The fourth-order valence-corrected chi connectivity index (χ4v) is 1.58. The molecule has 0 saturated heterocycles. The molecule has 1 aromatic heterocycles. The van der Waals surface area contributed by atoms with E-state index < -0.39 is 12.0 Å². The molecule has 0 unspecified atom stereocenters. The fraction of sp³-hybridized carbons (Fsp3) is 0.286. The summed E-state index contributed by atoms with van der Waals surface area (Å²) in [7, 11) is 0. The van der Waals surface area contributed by atoms with Crippen LogP contribution in [0.5, 0.6) is 0 Å². The number of hydrogen-bond acceptors (Lipinski definition) is 4. The lowest BCUT2D eigenvalue weighted by atomic mass is 10.2. The molecule has 0 aliphatic carbocycles. The van der Waals surface area contributed by atoms with Crippen LogP contribution >= 0.6 is 11.3 Å². The normalized spacial score (nSPS) is 12.0. The quantitative estimate of drug-likeness (QED) is 0.674. The van der Waals surface area contributed by atoms with Crippen LogP contribution in [-0.2, 0) is 9.59 Å². The number of nitrogens with zero attached hydrogens (tertiary/aromatic N) is 1. The maximum Gasteiger partial charge on any atom is 0.305 e. The maximum atomic E-state index is 10.4. The molecule has 5 nitrogen and oxygen atoms in total. The zero-order valence-electron chi connectivity index (χ0n) is 6.64. The summed E-state index contributed by atoms with van der Waals surface area (Å²) in [5.74, 6) is -0.951. The van der Waals surface area contributed by atoms with E-state index in [9.17, 15) is 9.59 Å². The third-order valence-corrected chi connectivity index (χ3v) is 2.33. The summed E-state index contributed by atoms with van der Waals surface area (Å²) in [4.78, 5) is 25.1. The lowest BCUT2D eigenvalue weighted by Gasteiger charge is -2.10. The van der Waals surface area contributed by atoms with Crippen molar-refractivity contribution in [2.24, 2.45) is 0 Å².